The molecule has 1 atom stereocenters. The average Bonchev–Trinajstić information content (AvgIpc) is 3.11. The Morgan fingerprint density at radius 2 is 1.82 bits per heavy atom. The number of likely N-dealkylation sites (N-methyl/N-ethyl adjacent to an activating group) is 1. The van der Waals surface area contributed by atoms with Crippen molar-refractivity contribution in [1.29, 1.82) is 5.26 Å². The van der Waals surface area contributed by atoms with Crippen molar-refractivity contribution >= 4 is 33.8 Å². The number of carbonyl (C=O) groups excluding carboxylic acids is 2. The molecule has 9 heteroatoms. The predicted octanol–water partition coefficient (Wildman–Crippen LogP) is 4.05. The number of nitriles is 1. The highest BCUT2D eigenvalue weighted by Gasteiger charge is 2.25. The normalized spacial score (nSPS) is 14.8. The number of rotatable bonds is 10. The van der Waals surface area contributed by atoms with Crippen LogP contribution in [0.1, 0.15) is 43.2 Å². The van der Waals surface area contributed by atoms with Gasteiger partial charge in [-0.1, -0.05) is 6.92 Å². The first-order chi connectivity index (χ1) is 16.3. The molecule has 0 unspecified atom stereocenters. The molecule has 1 aromatic heterocycles. The van der Waals surface area contributed by atoms with Crippen molar-refractivity contribution in [3.05, 3.63) is 34.2 Å². The van der Waals surface area contributed by atoms with Crippen molar-refractivity contribution in [2.75, 3.05) is 44.0 Å². The van der Waals surface area contributed by atoms with Crippen LogP contribution in [-0.2, 0) is 22.4 Å². The lowest BCUT2D eigenvalue weighted by Crippen LogP contribution is -2.36. The van der Waals surface area contributed by atoms with Gasteiger partial charge in [-0.3, -0.25) is 14.5 Å². The van der Waals surface area contributed by atoms with Crippen molar-refractivity contribution < 1.29 is 19.1 Å². The number of ether oxygens (including phenoxy) is 2. The maximum absolute atomic E-state index is 12.6. The van der Waals surface area contributed by atoms with Gasteiger partial charge in [-0.25, -0.2) is 0 Å². The van der Waals surface area contributed by atoms with Crippen LogP contribution in [0.4, 0.5) is 10.7 Å². The van der Waals surface area contributed by atoms with Crippen LogP contribution in [0.3, 0.4) is 0 Å². The first kappa shape index (κ1) is 25.5. The Bertz CT molecular complexity index is 1080. The van der Waals surface area contributed by atoms with Gasteiger partial charge in [-0.05, 0) is 63.8 Å². The van der Waals surface area contributed by atoms with Crippen molar-refractivity contribution in [2.45, 2.75) is 40.0 Å². The van der Waals surface area contributed by atoms with Gasteiger partial charge in [0.05, 0.1) is 31.9 Å². The van der Waals surface area contributed by atoms with Gasteiger partial charge in [0.1, 0.15) is 11.1 Å². The van der Waals surface area contributed by atoms with Crippen LogP contribution in [0.2, 0.25) is 0 Å². The SMILES string of the molecule is CCOc1ccc(NC(=O)CN(C)CC(=O)Nc2sc3c(c2C#N)CC[C@H](C)C3)cc1OCC. The Labute approximate surface area is 204 Å². The minimum absolute atomic E-state index is 0.0325. The highest BCUT2D eigenvalue weighted by molar-refractivity contribution is 7.16. The van der Waals surface area contributed by atoms with Gasteiger partial charge in [0.2, 0.25) is 11.8 Å². The lowest BCUT2D eigenvalue weighted by Gasteiger charge is -2.17. The van der Waals surface area contributed by atoms with Gasteiger partial charge < -0.3 is 20.1 Å². The Morgan fingerprint density at radius 1 is 1.15 bits per heavy atom. The average molecular weight is 485 g/mol. The number of nitrogens with one attached hydrogen (secondary N) is 2. The van der Waals surface area contributed by atoms with Gasteiger partial charge in [0.15, 0.2) is 11.5 Å². The molecule has 0 bridgehead atoms. The third-order valence-electron chi connectivity index (χ3n) is 5.53. The van der Waals surface area contributed by atoms with Crippen LogP contribution < -0.4 is 20.1 Å². The van der Waals surface area contributed by atoms with E-state index in [1.807, 2.05) is 13.8 Å². The molecular weight excluding hydrogens is 452 g/mol. The first-order valence-electron chi connectivity index (χ1n) is 11.6. The number of anilines is 2. The van der Waals surface area contributed by atoms with E-state index in [4.69, 9.17) is 9.47 Å². The predicted molar refractivity (Wildman–Crippen MR) is 134 cm³/mol. The van der Waals surface area contributed by atoms with Gasteiger partial charge >= 0.3 is 0 Å². The zero-order valence-electron chi connectivity index (χ0n) is 20.2. The summed E-state index contributed by atoms with van der Waals surface area (Å²) in [4.78, 5) is 27.9. The molecule has 0 radical (unpaired) electrons. The lowest BCUT2D eigenvalue weighted by molar-refractivity contribution is -0.119. The second-order valence-corrected chi connectivity index (χ2v) is 9.57. The number of amides is 2. The highest BCUT2D eigenvalue weighted by atomic mass is 32.1. The van der Waals surface area contributed by atoms with Crippen LogP contribution >= 0.6 is 11.3 Å². The number of fused-ring (bicyclic) bond motifs is 1. The maximum Gasteiger partial charge on any atom is 0.239 e. The van der Waals surface area contributed by atoms with Crippen LogP contribution in [0.25, 0.3) is 0 Å². The summed E-state index contributed by atoms with van der Waals surface area (Å²) in [7, 11) is 1.70. The highest BCUT2D eigenvalue weighted by Crippen LogP contribution is 2.39. The largest absolute Gasteiger partial charge is 0.490 e. The number of carbonyl (C=O) groups is 2. The molecule has 0 spiro atoms. The second kappa shape index (κ2) is 11.9. The fourth-order valence-electron chi connectivity index (χ4n) is 4.00. The van der Waals surface area contributed by atoms with Gasteiger partial charge in [-0.2, -0.15) is 5.26 Å². The molecule has 2 aromatic rings. The summed E-state index contributed by atoms with van der Waals surface area (Å²) < 4.78 is 11.1. The Kier molecular flexibility index (Phi) is 8.91. The van der Waals surface area contributed by atoms with E-state index in [0.717, 1.165) is 24.8 Å². The molecule has 0 saturated carbocycles. The molecule has 0 saturated heterocycles. The number of thiophene rings is 1. The van der Waals surface area contributed by atoms with Crippen molar-refractivity contribution in [1.82, 2.24) is 4.90 Å². The third kappa shape index (κ3) is 6.49. The zero-order valence-corrected chi connectivity index (χ0v) is 21.0. The summed E-state index contributed by atoms with van der Waals surface area (Å²) in [5.74, 6) is 1.28. The summed E-state index contributed by atoms with van der Waals surface area (Å²) >= 11 is 1.50. The summed E-state index contributed by atoms with van der Waals surface area (Å²) in [6.07, 6.45) is 2.88. The first-order valence-corrected chi connectivity index (χ1v) is 12.4. The lowest BCUT2D eigenvalue weighted by atomic mass is 9.89. The molecule has 1 aliphatic carbocycles. The van der Waals surface area contributed by atoms with Crippen molar-refractivity contribution in [3.63, 3.8) is 0 Å². The minimum atomic E-state index is -0.252. The number of benzene rings is 1. The summed E-state index contributed by atoms with van der Waals surface area (Å²) in [5, 5.41) is 15.9. The Morgan fingerprint density at radius 3 is 2.50 bits per heavy atom. The molecule has 1 heterocycles. The zero-order chi connectivity index (χ0) is 24.7. The fraction of sp³-hybridized carbons (Fsp3) is 0.480. The topological polar surface area (TPSA) is 104 Å². The van der Waals surface area contributed by atoms with Crippen molar-refractivity contribution in [3.8, 4) is 17.6 Å². The Balaban J connectivity index is 1.55. The van der Waals surface area contributed by atoms with Gasteiger partial charge in [0.25, 0.3) is 0 Å². The summed E-state index contributed by atoms with van der Waals surface area (Å²) in [5.41, 5.74) is 2.25. The van der Waals surface area contributed by atoms with Crippen LogP contribution in [-0.4, -0.2) is 50.1 Å². The van der Waals surface area contributed by atoms with Gasteiger partial charge in [-0.15, -0.1) is 11.3 Å². The number of hydrogen-bond acceptors (Lipinski definition) is 7. The number of hydrogen-bond donors (Lipinski definition) is 2. The van der Waals surface area contributed by atoms with E-state index in [9.17, 15) is 14.9 Å². The van der Waals surface area contributed by atoms with E-state index in [2.05, 4.69) is 23.6 Å². The summed E-state index contributed by atoms with van der Waals surface area (Å²) in [6.45, 7) is 7.05. The van der Waals surface area contributed by atoms with E-state index in [0.29, 0.717) is 46.9 Å². The van der Waals surface area contributed by atoms with Crippen LogP contribution in [0.5, 0.6) is 11.5 Å². The molecule has 0 fully saturated rings. The van der Waals surface area contributed by atoms with Crippen LogP contribution in [0.15, 0.2) is 18.2 Å². The van der Waals surface area contributed by atoms with E-state index in [1.54, 1.807) is 30.1 Å². The quantitative estimate of drug-likeness (QED) is 0.527. The molecule has 2 N–H and O–H groups in total. The number of nitrogens with zero attached hydrogens (tertiary/aromatic N) is 2. The van der Waals surface area contributed by atoms with E-state index in [1.165, 1.54) is 16.2 Å². The molecular formula is C25H32N4O4S. The smallest absolute Gasteiger partial charge is 0.239 e. The second-order valence-electron chi connectivity index (χ2n) is 8.46. The monoisotopic (exact) mass is 484 g/mol. The van der Waals surface area contributed by atoms with E-state index < -0.39 is 0 Å². The molecule has 2 amide bonds. The maximum atomic E-state index is 12.6. The third-order valence-corrected chi connectivity index (χ3v) is 6.70. The van der Waals surface area contributed by atoms with Gasteiger partial charge in [0, 0.05) is 16.6 Å². The molecule has 8 nitrogen and oxygen atoms in total. The fourth-order valence-corrected chi connectivity index (χ4v) is 5.38. The Hall–Kier alpha value is -3.09. The summed E-state index contributed by atoms with van der Waals surface area (Å²) in [6, 6.07) is 7.50. The van der Waals surface area contributed by atoms with E-state index >= 15 is 0 Å². The molecule has 3 rings (SSSR count). The molecule has 34 heavy (non-hydrogen) atoms. The molecule has 1 aromatic carbocycles. The molecule has 1 aliphatic rings. The minimum Gasteiger partial charge on any atom is -0.490 e. The molecule has 0 aliphatic heterocycles. The van der Waals surface area contributed by atoms with Crippen LogP contribution in [0, 0.1) is 17.2 Å². The standard InChI is InChI=1S/C25H32N4O4S/c1-5-32-20-10-8-17(12-21(20)33-6-2)27-23(30)14-29(4)15-24(31)28-25-19(13-26)18-9-7-16(3)11-22(18)34-25/h8,10,12,16H,5-7,9,11,14-15H2,1-4H3,(H,27,30)(H,28,31)/t16-/m0/s1. The molecule has 182 valence electrons. The van der Waals surface area contributed by atoms with Crippen molar-refractivity contribution in [2.24, 2.45) is 5.92 Å². The van der Waals surface area contributed by atoms with E-state index in [-0.39, 0.29) is 24.9 Å².